The van der Waals surface area contributed by atoms with Crippen LogP contribution in [-0.4, -0.2) is 47.8 Å². The van der Waals surface area contributed by atoms with Gasteiger partial charge in [-0.1, -0.05) is 36.4 Å². The SMILES string of the molecule is CC(C)N(C)C(=O)C1CN(C(=O)c2ccccc2)CC1c1cccc(C(F)(F)F)c1. The number of rotatable bonds is 4. The molecule has 0 N–H and O–H groups in total. The number of benzene rings is 2. The molecule has 7 heteroatoms. The number of amides is 2. The Morgan fingerprint density at radius 1 is 1.03 bits per heavy atom. The Bertz CT molecular complexity index is 912. The topological polar surface area (TPSA) is 40.6 Å². The van der Waals surface area contributed by atoms with Gasteiger partial charge in [0.1, 0.15) is 0 Å². The number of hydrogen-bond acceptors (Lipinski definition) is 2. The fourth-order valence-electron chi connectivity index (χ4n) is 3.78. The summed E-state index contributed by atoms with van der Waals surface area (Å²) in [6.07, 6.45) is -4.47. The van der Waals surface area contributed by atoms with Crippen molar-refractivity contribution < 1.29 is 22.8 Å². The second-order valence-corrected chi connectivity index (χ2v) is 7.96. The summed E-state index contributed by atoms with van der Waals surface area (Å²) >= 11 is 0. The monoisotopic (exact) mass is 418 g/mol. The molecule has 30 heavy (non-hydrogen) atoms. The first-order valence-corrected chi connectivity index (χ1v) is 9.87. The quantitative estimate of drug-likeness (QED) is 0.737. The molecule has 1 heterocycles. The van der Waals surface area contributed by atoms with Crippen molar-refractivity contribution in [3.8, 4) is 0 Å². The Kier molecular flexibility index (Phi) is 6.19. The number of alkyl halides is 3. The van der Waals surface area contributed by atoms with E-state index in [1.54, 1.807) is 53.2 Å². The minimum atomic E-state index is -4.47. The lowest BCUT2D eigenvalue weighted by atomic mass is 9.87. The lowest BCUT2D eigenvalue weighted by Gasteiger charge is -2.27. The molecule has 2 aromatic rings. The first-order valence-electron chi connectivity index (χ1n) is 9.87. The maximum absolute atomic E-state index is 13.2. The van der Waals surface area contributed by atoms with Crippen LogP contribution in [-0.2, 0) is 11.0 Å². The van der Waals surface area contributed by atoms with E-state index in [2.05, 4.69) is 0 Å². The fraction of sp³-hybridized carbons (Fsp3) is 0.391. The molecule has 4 nitrogen and oxygen atoms in total. The van der Waals surface area contributed by atoms with E-state index in [9.17, 15) is 22.8 Å². The van der Waals surface area contributed by atoms with Gasteiger partial charge in [0, 0.05) is 37.7 Å². The molecule has 0 aromatic heterocycles. The third kappa shape index (κ3) is 4.50. The summed E-state index contributed by atoms with van der Waals surface area (Å²) in [4.78, 5) is 29.2. The smallest absolute Gasteiger partial charge is 0.343 e. The van der Waals surface area contributed by atoms with Crippen LogP contribution in [0.5, 0.6) is 0 Å². The van der Waals surface area contributed by atoms with E-state index in [1.165, 1.54) is 6.07 Å². The summed E-state index contributed by atoms with van der Waals surface area (Å²) in [5.74, 6) is -1.51. The van der Waals surface area contributed by atoms with Gasteiger partial charge in [-0.2, -0.15) is 13.2 Å². The minimum Gasteiger partial charge on any atom is -0.343 e. The van der Waals surface area contributed by atoms with Crippen molar-refractivity contribution in [1.29, 1.82) is 0 Å². The Morgan fingerprint density at radius 2 is 1.70 bits per heavy atom. The van der Waals surface area contributed by atoms with Crippen LogP contribution in [0.3, 0.4) is 0 Å². The summed E-state index contributed by atoms with van der Waals surface area (Å²) in [5.41, 5.74) is 0.158. The predicted molar refractivity (Wildman–Crippen MR) is 108 cm³/mol. The van der Waals surface area contributed by atoms with Crippen molar-refractivity contribution in [3.63, 3.8) is 0 Å². The van der Waals surface area contributed by atoms with Gasteiger partial charge in [0.15, 0.2) is 0 Å². The minimum absolute atomic E-state index is 0.0569. The number of hydrogen-bond donors (Lipinski definition) is 0. The van der Waals surface area contributed by atoms with Gasteiger partial charge in [-0.3, -0.25) is 9.59 Å². The normalized spacial score (nSPS) is 19.2. The van der Waals surface area contributed by atoms with Crippen molar-refractivity contribution in [2.24, 2.45) is 5.92 Å². The summed E-state index contributed by atoms with van der Waals surface area (Å²) in [7, 11) is 1.68. The molecule has 0 bridgehead atoms. The number of carbonyl (C=O) groups is 2. The zero-order valence-corrected chi connectivity index (χ0v) is 17.2. The number of carbonyl (C=O) groups excluding carboxylic acids is 2. The van der Waals surface area contributed by atoms with Crippen LogP contribution in [0.4, 0.5) is 13.2 Å². The maximum atomic E-state index is 13.2. The van der Waals surface area contributed by atoms with Crippen LogP contribution in [0.2, 0.25) is 0 Å². The number of likely N-dealkylation sites (tertiary alicyclic amines) is 1. The highest BCUT2D eigenvalue weighted by Crippen LogP contribution is 2.37. The molecule has 0 spiro atoms. The zero-order chi connectivity index (χ0) is 22.1. The highest BCUT2D eigenvalue weighted by atomic mass is 19.4. The average Bonchev–Trinajstić information content (AvgIpc) is 3.17. The number of nitrogens with zero attached hydrogens (tertiary/aromatic N) is 2. The second kappa shape index (κ2) is 8.50. The molecule has 160 valence electrons. The van der Waals surface area contributed by atoms with E-state index in [1.807, 2.05) is 13.8 Å². The first kappa shape index (κ1) is 21.9. The van der Waals surface area contributed by atoms with Gasteiger partial charge in [-0.05, 0) is 37.6 Å². The molecule has 2 unspecified atom stereocenters. The number of halogens is 3. The fourth-order valence-corrected chi connectivity index (χ4v) is 3.78. The van der Waals surface area contributed by atoms with E-state index < -0.39 is 23.6 Å². The molecule has 0 saturated carbocycles. The predicted octanol–water partition coefficient (Wildman–Crippen LogP) is 4.43. The van der Waals surface area contributed by atoms with Gasteiger partial charge >= 0.3 is 6.18 Å². The van der Waals surface area contributed by atoms with E-state index >= 15 is 0 Å². The highest BCUT2D eigenvalue weighted by Gasteiger charge is 2.42. The van der Waals surface area contributed by atoms with Crippen LogP contribution < -0.4 is 0 Å². The van der Waals surface area contributed by atoms with Gasteiger partial charge in [0.2, 0.25) is 5.91 Å². The second-order valence-electron chi connectivity index (χ2n) is 7.96. The Morgan fingerprint density at radius 3 is 2.30 bits per heavy atom. The van der Waals surface area contributed by atoms with Gasteiger partial charge < -0.3 is 9.80 Å². The third-order valence-electron chi connectivity index (χ3n) is 5.71. The molecular formula is C23H25F3N2O2. The Hall–Kier alpha value is -2.83. The zero-order valence-electron chi connectivity index (χ0n) is 17.2. The van der Waals surface area contributed by atoms with Crippen LogP contribution in [0.15, 0.2) is 54.6 Å². The first-order chi connectivity index (χ1) is 14.1. The molecule has 1 fully saturated rings. The van der Waals surface area contributed by atoms with E-state index in [-0.39, 0.29) is 30.9 Å². The molecular weight excluding hydrogens is 393 g/mol. The van der Waals surface area contributed by atoms with Crippen LogP contribution in [0.1, 0.15) is 41.3 Å². The van der Waals surface area contributed by atoms with Crippen LogP contribution in [0, 0.1) is 5.92 Å². The Labute approximate surface area is 174 Å². The molecule has 1 saturated heterocycles. The molecule has 2 atom stereocenters. The van der Waals surface area contributed by atoms with Gasteiger partial charge in [-0.15, -0.1) is 0 Å². The van der Waals surface area contributed by atoms with E-state index in [0.29, 0.717) is 11.1 Å². The van der Waals surface area contributed by atoms with E-state index in [4.69, 9.17) is 0 Å². The van der Waals surface area contributed by atoms with Gasteiger partial charge in [-0.25, -0.2) is 0 Å². The maximum Gasteiger partial charge on any atom is 0.416 e. The summed E-state index contributed by atoms with van der Waals surface area (Å²) in [5, 5.41) is 0. The molecule has 2 amide bonds. The molecule has 0 aliphatic carbocycles. The molecule has 3 rings (SSSR count). The third-order valence-corrected chi connectivity index (χ3v) is 5.71. The van der Waals surface area contributed by atoms with Crippen molar-refractivity contribution in [1.82, 2.24) is 9.80 Å². The molecule has 1 aliphatic heterocycles. The molecule has 0 radical (unpaired) electrons. The van der Waals surface area contributed by atoms with Crippen LogP contribution in [0.25, 0.3) is 0 Å². The van der Waals surface area contributed by atoms with Gasteiger partial charge in [0.25, 0.3) is 5.91 Å². The van der Waals surface area contributed by atoms with Crippen molar-refractivity contribution >= 4 is 11.8 Å². The van der Waals surface area contributed by atoms with Crippen molar-refractivity contribution in [2.75, 3.05) is 20.1 Å². The largest absolute Gasteiger partial charge is 0.416 e. The molecule has 1 aliphatic rings. The van der Waals surface area contributed by atoms with Crippen molar-refractivity contribution in [3.05, 3.63) is 71.3 Å². The molecule has 2 aromatic carbocycles. The summed E-state index contributed by atoms with van der Waals surface area (Å²) in [6.45, 7) is 4.11. The lowest BCUT2D eigenvalue weighted by molar-refractivity contribution is -0.137. The lowest BCUT2D eigenvalue weighted by Crippen LogP contribution is -2.40. The van der Waals surface area contributed by atoms with Crippen LogP contribution >= 0.6 is 0 Å². The van der Waals surface area contributed by atoms with Gasteiger partial charge in [0.05, 0.1) is 11.5 Å². The van der Waals surface area contributed by atoms with E-state index in [0.717, 1.165) is 12.1 Å². The summed E-state index contributed by atoms with van der Waals surface area (Å²) < 4.78 is 39.7. The Balaban J connectivity index is 1.95. The standard InChI is InChI=1S/C23H25F3N2O2/c1-15(2)27(3)22(30)20-14-28(21(29)16-8-5-4-6-9-16)13-19(20)17-10-7-11-18(12-17)23(24,25)26/h4-12,15,19-20H,13-14H2,1-3H3. The average molecular weight is 418 g/mol. The highest BCUT2D eigenvalue weighted by molar-refractivity contribution is 5.95. The van der Waals surface area contributed by atoms with Crippen molar-refractivity contribution in [2.45, 2.75) is 32.0 Å². The summed E-state index contributed by atoms with van der Waals surface area (Å²) in [6, 6.07) is 13.7.